The largest absolute Gasteiger partial charge is 0.545 e. The van der Waals surface area contributed by atoms with Crippen molar-refractivity contribution < 1.29 is 32.8 Å². The Balaban J connectivity index is 1.88. The molecule has 0 radical (unpaired) electrons. The van der Waals surface area contributed by atoms with Crippen molar-refractivity contribution in [1.82, 2.24) is 5.32 Å². The summed E-state index contributed by atoms with van der Waals surface area (Å²) in [6.45, 7) is 0.0309. The molecule has 0 saturated heterocycles. The minimum Gasteiger partial charge on any atom is -0.545 e. The molecule has 2 aromatic rings. The number of carbonyl (C=O) groups is 2. The van der Waals surface area contributed by atoms with Gasteiger partial charge in [-0.2, -0.15) is 13.2 Å². The molecule has 0 bridgehead atoms. The highest BCUT2D eigenvalue weighted by atomic mass is 19.4. The zero-order valence-electron chi connectivity index (χ0n) is 15.0. The van der Waals surface area contributed by atoms with Gasteiger partial charge in [0.2, 0.25) is 5.91 Å². The lowest BCUT2D eigenvalue weighted by atomic mass is 10.1. The number of nitrogens with zero attached hydrogens (tertiary/aromatic N) is 1. The summed E-state index contributed by atoms with van der Waals surface area (Å²) in [6, 6.07) is 7.73. The lowest BCUT2D eigenvalue weighted by Crippen LogP contribution is -2.26. The van der Waals surface area contributed by atoms with Crippen LogP contribution in [-0.4, -0.2) is 23.3 Å². The van der Waals surface area contributed by atoms with E-state index < -0.39 is 22.6 Å². The molecular formula is C19H16F3N2O5-. The van der Waals surface area contributed by atoms with Gasteiger partial charge in [-0.15, -0.1) is 0 Å². The summed E-state index contributed by atoms with van der Waals surface area (Å²) in [7, 11) is 0. The smallest absolute Gasteiger partial charge is 0.416 e. The summed E-state index contributed by atoms with van der Waals surface area (Å²) in [4.78, 5) is 33.2. The van der Waals surface area contributed by atoms with Crippen LogP contribution in [0.5, 0.6) is 0 Å². The zero-order valence-corrected chi connectivity index (χ0v) is 15.0. The first kappa shape index (κ1) is 21.9. The van der Waals surface area contributed by atoms with Crippen molar-refractivity contribution in [3.63, 3.8) is 0 Å². The van der Waals surface area contributed by atoms with Crippen LogP contribution < -0.4 is 10.4 Å². The molecule has 10 heteroatoms. The molecule has 1 N–H and O–H groups in total. The number of nitro groups is 1. The number of hydrogen-bond acceptors (Lipinski definition) is 5. The van der Waals surface area contributed by atoms with Gasteiger partial charge in [-0.05, 0) is 48.2 Å². The van der Waals surface area contributed by atoms with E-state index in [1.165, 1.54) is 12.1 Å². The Labute approximate surface area is 163 Å². The number of carbonyl (C=O) groups excluding carboxylic acids is 2. The second-order valence-corrected chi connectivity index (χ2v) is 6.18. The van der Waals surface area contributed by atoms with Crippen LogP contribution in [0, 0.1) is 10.1 Å². The molecule has 0 fully saturated rings. The fourth-order valence-electron chi connectivity index (χ4n) is 2.63. The number of alkyl halides is 3. The van der Waals surface area contributed by atoms with Crippen LogP contribution in [0.25, 0.3) is 0 Å². The predicted molar refractivity (Wildman–Crippen MR) is 93.9 cm³/mol. The summed E-state index contributed by atoms with van der Waals surface area (Å²) in [5.74, 6) is -1.86. The fraction of sp³-hybridized carbons (Fsp3) is 0.263. The number of benzene rings is 2. The SMILES string of the molecule is O=C(CCc1ccc(C(F)(F)F)cc1)NCCc1cc(C(=O)[O-])ccc1[N+](=O)[O-]. The number of nitro benzene ring substituents is 1. The summed E-state index contributed by atoms with van der Waals surface area (Å²) in [5.41, 5.74) is -0.551. The summed E-state index contributed by atoms with van der Waals surface area (Å²) < 4.78 is 37.6. The van der Waals surface area contributed by atoms with Gasteiger partial charge < -0.3 is 15.2 Å². The first-order valence-electron chi connectivity index (χ1n) is 8.49. The highest BCUT2D eigenvalue weighted by molar-refractivity contribution is 5.86. The molecule has 7 nitrogen and oxygen atoms in total. The quantitative estimate of drug-likeness (QED) is 0.531. The van der Waals surface area contributed by atoms with Crippen LogP contribution in [0.4, 0.5) is 18.9 Å². The van der Waals surface area contributed by atoms with Gasteiger partial charge in [0, 0.05) is 24.6 Å². The average molecular weight is 409 g/mol. The van der Waals surface area contributed by atoms with E-state index in [1.807, 2.05) is 0 Å². The Kier molecular flexibility index (Phi) is 6.92. The number of nitrogens with one attached hydrogen (secondary N) is 1. The van der Waals surface area contributed by atoms with Crippen molar-refractivity contribution in [2.75, 3.05) is 6.54 Å². The number of halogens is 3. The summed E-state index contributed by atoms with van der Waals surface area (Å²) in [5, 5.41) is 24.5. The summed E-state index contributed by atoms with van der Waals surface area (Å²) in [6.07, 6.45) is -4.15. The van der Waals surface area contributed by atoms with Crippen LogP contribution in [-0.2, 0) is 23.8 Å². The van der Waals surface area contributed by atoms with E-state index >= 15 is 0 Å². The minimum atomic E-state index is -4.42. The van der Waals surface area contributed by atoms with Crippen molar-refractivity contribution in [1.29, 1.82) is 0 Å². The second kappa shape index (κ2) is 9.18. The Morgan fingerprint density at radius 2 is 1.69 bits per heavy atom. The lowest BCUT2D eigenvalue weighted by Gasteiger charge is -2.09. The van der Waals surface area contributed by atoms with Gasteiger partial charge in [0.25, 0.3) is 5.69 Å². The number of carboxylic acid groups (broad SMARTS) is 1. The van der Waals surface area contributed by atoms with Gasteiger partial charge >= 0.3 is 6.18 Å². The molecule has 2 aromatic carbocycles. The van der Waals surface area contributed by atoms with Crippen LogP contribution in [0.15, 0.2) is 42.5 Å². The number of rotatable bonds is 8. The van der Waals surface area contributed by atoms with Gasteiger partial charge in [0.05, 0.1) is 16.5 Å². The third kappa shape index (κ3) is 6.30. The molecule has 1 amide bonds. The van der Waals surface area contributed by atoms with E-state index in [0.29, 0.717) is 5.56 Å². The predicted octanol–water partition coefficient (Wildman–Crippen LogP) is 2.27. The fourth-order valence-corrected chi connectivity index (χ4v) is 2.63. The van der Waals surface area contributed by atoms with Crippen molar-refractivity contribution in [3.8, 4) is 0 Å². The maximum Gasteiger partial charge on any atom is 0.416 e. The maximum atomic E-state index is 12.5. The Bertz CT molecular complexity index is 911. The Morgan fingerprint density at radius 1 is 1.03 bits per heavy atom. The van der Waals surface area contributed by atoms with Crippen molar-refractivity contribution in [2.24, 2.45) is 0 Å². The van der Waals surface area contributed by atoms with E-state index in [1.54, 1.807) is 0 Å². The van der Waals surface area contributed by atoms with Gasteiger partial charge in [-0.3, -0.25) is 14.9 Å². The molecule has 0 aromatic heterocycles. The van der Waals surface area contributed by atoms with E-state index in [9.17, 15) is 38.0 Å². The third-order valence-corrected chi connectivity index (χ3v) is 4.15. The standard InChI is InChI=1S/C19H17F3N2O5/c20-19(21,22)15-5-1-12(2-6-15)3-8-17(25)23-10-9-13-11-14(18(26)27)4-7-16(13)24(28)29/h1-2,4-7,11H,3,8-10H2,(H,23,25)(H,26,27)/p-1. The number of aromatic carboxylic acids is 1. The number of carboxylic acids is 1. The minimum absolute atomic E-state index is 0.0204. The monoisotopic (exact) mass is 409 g/mol. The van der Waals surface area contributed by atoms with Crippen molar-refractivity contribution >= 4 is 17.6 Å². The third-order valence-electron chi connectivity index (χ3n) is 4.15. The van der Waals surface area contributed by atoms with Crippen LogP contribution in [0.3, 0.4) is 0 Å². The van der Waals surface area contributed by atoms with E-state index in [0.717, 1.165) is 30.3 Å². The zero-order chi connectivity index (χ0) is 21.6. The van der Waals surface area contributed by atoms with Crippen LogP contribution >= 0.6 is 0 Å². The number of aryl methyl sites for hydroxylation is 1. The number of hydrogen-bond donors (Lipinski definition) is 1. The van der Waals surface area contributed by atoms with Gasteiger partial charge in [0.1, 0.15) is 0 Å². The topological polar surface area (TPSA) is 112 Å². The first-order chi connectivity index (χ1) is 13.6. The molecule has 154 valence electrons. The van der Waals surface area contributed by atoms with Crippen molar-refractivity contribution in [3.05, 3.63) is 74.8 Å². The molecule has 2 rings (SSSR count). The Morgan fingerprint density at radius 3 is 2.24 bits per heavy atom. The maximum absolute atomic E-state index is 12.5. The van der Waals surface area contributed by atoms with Gasteiger partial charge in [0.15, 0.2) is 0 Å². The number of amides is 1. The average Bonchev–Trinajstić information content (AvgIpc) is 2.65. The van der Waals surface area contributed by atoms with Gasteiger partial charge in [-0.25, -0.2) is 0 Å². The first-order valence-corrected chi connectivity index (χ1v) is 8.49. The summed E-state index contributed by atoms with van der Waals surface area (Å²) >= 11 is 0. The molecular weight excluding hydrogens is 393 g/mol. The molecule has 0 unspecified atom stereocenters. The Hall–Kier alpha value is -3.43. The molecule has 0 saturated carbocycles. The molecule has 29 heavy (non-hydrogen) atoms. The van der Waals surface area contributed by atoms with E-state index in [4.69, 9.17) is 0 Å². The van der Waals surface area contributed by atoms with Crippen LogP contribution in [0.2, 0.25) is 0 Å². The normalized spacial score (nSPS) is 11.1. The van der Waals surface area contributed by atoms with Crippen molar-refractivity contribution in [2.45, 2.75) is 25.4 Å². The lowest BCUT2D eigenvalue weighted by molar-refractivity contribution is -0.385. The van der Waals surface area contributed by atoms with E-state index in [-0.39, 0.29) is 48.5 Å². The molecule has 0 aliphatic carbocycles. The van der Waals surface area contributed by atoms with Gasteiger partial charge in [-0.1, -0.05) is 12.1 Å². The molecule has 0 aliphatic rings. The molecule has 0 spiro atoms. The molecule has 0 aliphatic heterocycles. The molecule has 0 atom stereocenters. The molecule has 0 heterocycles. The van der Waals surface area contributed by atoms with E-state index in [2.05, 4.69) is 5.32 Å². The second-order valence-electron chi connectivity index (χ2n) is 6.18. The van der Waals surface area contributed by atoms with Crippen LogP contribution in [0.1, 0.15) is 33.5 Å². The highest BCUT2D eigenvalue weighted by Crippen LogP contribution is 2.29. The highest BCUT2D eigenvalue weighted by Gasteiger charge is 2.29.